The van der Waals surface area contributed by atoms with Gasteiger partial charge in [-0.05, 0) is 37.1 Å². The van der Waals surface area contributed by atoms with E-state index in [9.17, 15) is 9.59 Å². The SMILES string of the molecule is CC(C)C[C@@]1(c2ccccc2)NC(=O)N(CN(C)CCOc2ccccc2Cl)C1=O. The van der Waals surface area contributed by atoms with Gasteiger partial charge in [-0.15, -0.1) is 0 Å². The first-order valence-corrected chi connectivity index (χ1v) is 10.5. The van der Waals surface area contributed by atoms with Gasteiger partial charge in [0.15, 0.2) is 0 Å². The zero-order chi connectivity index (χ0) is 21.7. The van der Waals surface area contributed by atoms with Crippen molar-refractivity contribution in [2.24, 2.45) is 5.92 Å². The summed E-state index contributed by atoms with van der Waals surface area (Å²) in [6.07, 6.45) is 0.539. The average Bonchev–Trinajstić information content (AvgIpc) is 2.94. The molecule has 1 fully saturated rings. The zero-order valence-electron chi connectivity index (χ0n) is 17.6. The van der Waals surface area contributed by atoms with E-state index in [-0.39, 0.29) is 24.5 Å². The van der Waals surface area contributed by atoms with Gasteiger partial charge in [0.1, 0.15) is 17.9 Å². The maximum Gasteiger partial charge on any atom is 0.326 e. The van der Waals surface area contributed by atoms with Gasteiger partial charge in [-0.25, -0.2) is 9.69 Å². The van der Waals surface area contributed by atoms with Gasteiger partial charge in [-0.3, -0.25) is 9.69 Å². The number of nitrogens with one attached hydrogen (secondary N) is 1. The number of hydrogen-bond acceptors (Lipinski definition) is 4. The number of likely N-dealkylation sites (N-methyl/N-ethyl adjacent to an activating group) is 1. The molecule has 0 saturated carbocycles. The smallest absolute Gasteiger partial charge is 0.326 e. The Hall–Kier alpha value is -2.57. The monoisotopic (exact) mass is 429 g/mol. The Kier molecular flexibility index (Phi) is 7.00. The van der Waals surface area contributed by atoms with E-state index in [1.807, 2.05) is 68.3 Å². The van der Waals surface area contributed by atoms with Crippen LogP contribution in [-0.2, 0) is 10.3 Å². The number of halogens is 1. The van der Waals surface area contributed by atoms with Crippen LogP contribution in [-0.4, -0.2) is 48.6 Å². The molecule has 160 valence electrons. The fraction of sp³-hybridized carbons (Fsp3) is 0.391. The van der Waals surface area contributed by atoms with Gasteiger partial charge in [0.05, 0.1) is 11.7 Å². The molecule has 1 N–H and O–H groups in total. The number of para-hydroxylation sites is 1. The van der Waals surface area contributed by atoms with E-state index >= 15 is 0 Å². The molecule has 1 saturated heterocycles. The lowest BCUT2D eigenvalue weighted by Gasteiger charge is -2.29. The summed E-state index contributed by atoms with van der Waals surface area (Å²) in [5.74, 6) is 0.630. The molecule has 2 aromatic rings. The Balaban J connectivity index is 1.66. The Morgan fingerprint density at radius 2 is 1.77 bits per heavy atom. The Labute approximate surface area is 182 Å². The highest BCUT2D eigenvalue weighted by Crippen LogP contribution is 2.35. The minimum Gasteiger partial charge on any atom is -0.491 e. The van der Waals surface area contributed by atoms with Crippen LogP contribution >= 0.6 is 11.6 Å². The molecule has 0 aliphatic carbocycles. The summed E-state index contributed by atoms with van der Waals surface area (Å²) in [6, 6.07) is 16.4. The molecule has 0 radical (unpaired) electrons. The second kappa shape index (κ2) is 9.49. The largest absolute Gasteiger partial charge is 0.491 e. The van der Waals surface area contributed by atoms with E-state index in [2.05, 4.69) is 5.32 Å². The fourth-order valence-corrected chi connectivity index (χ4v) is 3.92. The van der Waals surface area contributed by atoms with Crippen molar-refractivity contribution in [2.45, 2.75) is 25.8 Å². The van der Waals surface area contributed by atoms with E-state index in [4.69, 9.17) is 16.3 Å². The molecule has 0 aromatic heterocycles. The number of hydrogen-bond donors (Lipinski definition) is 1. The third-order valence-corrected chi connectivity index (χ3v) is 5.42. The average molecular weight is 430 g/mol. The number of rotatable bonds is 9. The first-order chi connectivity index (χ1) is 14.3. The van der Waals surface area contributed by atoms with E-state index in [1.54, 1.807) is 12.1 Å². The van der Waals surface area contributed by atoms with Crippen LogP contribution in [0.5, 0.6) is 5.75 Å². The van der Waals surface area contributed by atoms with Gasteiger partial charge in [-0.2, -0.15) is 0 Å². The van der Waals surface area contributed by atoms with Crippen molar-refractivity contribution in [3.05, 3.63) is 65.2 Å². The van der Waals surface area contributed by atoms with Crippen LogP contribution in [0.1, 0.15) is 25.8 Å². The van der Waals surface area contributed by atoms with Crippen LogP contribution in [0.4, 0.5) is 4.79 Å². The first-order valence-electron chi connectivity index (χ1n) is 10.1. The molecule has 1 aliphatic rings. The highest BCUT2D eigenvalue weighted by Gasteiger charge is 2.52. The number of imide groups is 1. The molecule has 2 aromatic carbocycles. The summed E-state index contributed by atoms with van der Waals surface area (Å²) >= 11 is 6.10. The third-order valence-electron chi connectivity index (χ3n) is 5.11. The predicted molar refractivity (Wildman–Crippen MR) is 117 cm³/mol. The number of carbonyl (C=O) groups excluding carboxylic acids is 2. The standard InChI is InChI=1S/C23H28ClN3O3/c1-17(2)15-23(18-9-5-4-6-10-18)21(28)27(22(29)25-23)16-26(3)13-14-30-20-12-8-7-11-19(20)24/h4-12,17H,13-16H2,1-3H3,(H,25,29)/t23-/m0/s1. The maximum atomic E-state index is 13.4. The Bertz CT molecular complexity index is 890. The summed E-state index contributed by atoms with van der Waals surface area (Å²) in [5.41, 5.74) is -0.217. The number of nitrogens with zero attached hydrogens (tertiary/aromatic N) is 2. The highest BCUT2D eigenvalue weighted by atomic mass is 35.5. The van der Waals surface area contributed by atoms with Crippen LogP contribution in [0.15, 0.2) is 54.6 Å². The molecule has 3 rings (SSSR count). The van der Waals surface area contributed by atoms with Gasteiger partial charge in [0.2, 0.25) is 0 Å². The van der Waals surface area contributed by atoms with Crippen molar-refractivity contribution >= 4 is 23.5 Å². The quantitative estimate of drug-likeness (QED) is 0.609. The van der Waals surface area contributed by atoms with Gasteiger partial charge in [0.25, 0.3) is 5.91 Å². The minimum atomic E-state index is -1.03. The van der Waals surface area contributed by atoms with Crippen LogP contribution in [0.25, 0.3) is 0 Å². The molecular formula is C23H28ClN3O3. The normalized spacial score (nSPS) is 18.9. The fourth-order valence-electron chi connectivity index (χ4n) is 3.73. The molecule has 0 unspecified atom stereocenters. The van der Waals surface area contributed by atoms with Crippen LogP contribution in [0, 0.1) is 5.92 Å². The molecule has 1 heterocycles. The summed E-state index contributed by atoms with van der Waals surface area (Å²) in [5, 5.41) is 3.52. The van der Waals surface area contributed by atoms with Gasteiger partial charge >= 0.3 is 6.03 Å². The lowest BCUT2D eigenvalue weighted by Crippen LogP contribution is -2.46. The summed E-state index contributed by atoms with van der Waals surface area (Å²) < 4.78 is 5.71. The molecule has 0 bridgehead atoms. The number of urea groups is 1. The van der Waals surface area contributed by atoms with Crippen molar-refractivity contribution < 1.29 is 14.3 Å². The Morgan fingerprint density at radius 1 is 1.10 bits per heavy atom. The van der Waals surface area contributed by atoms with Crippen molar-refractivity contribution in [1.29, 1.82) is 0 Å². The summed E-state index contributed by atoms with van der Waals surface area (Å²) in [4.78, 5) is 29.3. The first kappa shape index (κ1) is 22.1. The lowest BCUT2D eigenvalue weighted by molar-refractivity contribution is -0.133. The lowest BCUT2D eigenvalue weighted by atomic mass is 9.82. The molecule has 30 heavy (non-hydrogen) atoms. The summed E-state index contributed by atoms with van der Waals surface area (Å²) in [7, 11) is 1.85. The van der Waals surface area contributed by atoms with E-state index < -0.39 is 5.54 Å². The molecule has 7 heteroatoms. The maximum absolute atomic E-state index is 13.4. The molecular weight excluding hydrogens is 402 g/mol. The van der Waals surface area contributed by atoms with E-state index in [1.165, 1.54) is 4.90 Å². The third kappa shape index (κ3) is 4.77. The molecule has 1 aliphatic heterocycles. The number of amides is 3. The van der Waals surface area contributed by atoms with Crippen LogP contribution in [0.2, 0.25) is 5.02 Å². The van der Waals surface area contributed by atoms with Crippen molar-refractivity contribution in [3.63, 3.8) is 0 Å². The number of benzene rings is 2. The van der Waals surface area contributed by atoms with E-state index in [0.29, 0.717) is 30.3 Å². The van der Waals surface area contributed by atoms with Crippen molar-refractivity contribution in [1.82, 2.24) is 15.1 Å². The van der Waals surface area contributed by atoms with Crippen LogP contribution < -0.4 is 10.1 Å². The van der Waals surface area contributed by atoms with Gasteiger partial charge in [0, 0.05) is 6.54 Å². The van der Waals surface area contributed by atoms with Crippen LogP contribution in [0.3, 0.4) is 0 Å². The molecule has 3 amide bonds. The number of carbonyl (C=O) groups is 2. The highest BCUT2D eigenvalue weighted by molar-refractivity contribution is 6.32. The predicted octanol–water partition coefficient (Wildman–Crippen LogP) is 4.10. The summed E-state index contributed by atoms with van der Waals surface area (Å²) in [6.45, 7) is 5.20. The van der Waals surface area contributed by atoms with Crippen molar-refractivity contribution in [3.8, 4) is 5.75 Å². The van der Waals surface area contributed by atoms with Crippen molar-refractivity contribution in [2.75, 3.05) is 26.9 Å². The topological polar surface area (TPSA) is 61.9 Å². The Morgan fingerprint density at radius 3 is 2.43 bits per heavy atom. The van der Waals surface area contributed by atoms with Gasteiger partial charge in [-0.1, -0.05) is 67.9 Å². The molecule has 1 atom stereocenters. The second-order valence-corrected chi connectivity index (χ2v) is 8.44. The second-order valence-electron chi connectivity index (χ2n) is 8.03. The van der Waals surface area contributed by atoms with E-state index in [0.717, 1.165) is 5.56 Å². The zero-order valence-corrected chi connectivity index (χ0v) is 18.4. The molecule has 6 nitrogen and oxygen atoms in total. The number of ether oxygens (including phenoxy) is 1. The minimum absolute atomic E-state index is 0.184. The van der Waals surface area contributed by atoms with Gasteiger partial charge < -0.3 is 10.1 Å². The molecule has 0 spiro atoms.